The predicted octanol–water partition coefficient (Wildman–Crippen LogP) is 3.89. The molecule has 0 heterocycles. The molecule has 2 rings (SSSR count). The van der Waals surface area contributed by atoms with Crippen molar-refractivity contribution in [3.8, 4) is 0 Å². The van der Waals surface area contributed by atoms with Crippen LogP contribution in [-0.2, 0) is 5.88 Å². The minimum absolute atomic E-state index is 0.0693. The van der Waals surface area contributed by atoms with Crippen LogP contribution in [0.2, 0.25) is 0 Å². The maximum absolute atomic E-state index is 12.1. The molecule has 5 nitrogen and oxygen atoms in total. The molecule has 0 aliphatic heterocycles. The number of rotatable bonds is 4. The summed E-state index contributed by atoms with van der Waals surface area (Å²) in [5, 5.41) is 13.6. The molecule has 0 saturated heterocycles. The van der Waals surface area contributed by atoms with Crippen molar-refractivity contribution in [2.75, 3.05) is 5.32 Å². The quantitative estimate of drug-likeness (QED) is 0.529. The highest BCUT2D eigenvalue weighted by Gasteiger charge is 2.15. The summed E-state index contributed by atoms with van der Waals surface area (Å²) in [6.07, 6.45) is 0. The summed E-state index contributed by atoms with van der Waals surface area (Å²) in [5.74, 6) is 0.00925. The Morgan fingerprint density at radius 2 is 1.90 bits per heavy atom. The van der Waals surface area contributed by atoms with E-state index in [-0.39, 0.29) is 11.3 Å². The van der Waals surface area contributed by atoms with Gasteiger partial charge >= 0.3 is 0 Å². The second-order valence-corrected chi connectivity index (χ2v) is 4.81. The predicted molar refractivity (Wildman–Crippen MR) is 81.8 cm³/mol. The number of halogens is 1. The average Bonchev–Trinajstić information content (AvgIpc) is 2.48. The number of alkyl halides is 1. The molecule has 1 amide bonds. The Morgan fingerprint density at radius 1 is 1.24 bits per heavy atom. The monoisotopic (exact) mass is 304 g/mol. The van der Waals surface area contributed by atoms with Gasteiger partial charge in [0.15, 0.2) is 0 Å². The van der Waals surface area contributed by atoms with Crippen molar-refractivity contribution in [3.05, 3.63) is 69.3 Å². The van der Waals surface area contributed by atoms with Crippen LogP contribution in [0.5, 0.6) is 0 Å². The number of hydrogen-bond donors (Lipinski definition) is 1. The summed E-state index contributed by atoms with van der Waals surface area (Å²) in [7, 11) is 0. The van der Waals surface area contributed by atoms with Gasteiger partial charge in [-0.05, 0) is 30.7 Å². The van der Waals surface area contributed by atoms with Gasteiger partial charge in [0.1, 0.15) is 0 Å². The van der Waals surface area contributed by atoms with Crippen LogP contribution in [0.1, 0.15) is 21.5 Å². The van der Waals surface area contributed by atoms with Crippen LogP contribution in [0, 0.1) is 17.0 Å². The van der Waals surface area contributed by atoms with Crippen molar-refractivity contribution in [3.63, 3.8) is 0 Å². The molecule has 0 aromatic heterocycles. The summed E-state index contributed by atoms with van der Waals surface area (Å²) in [6, 6.07) is 11.5. The number of nitro benzene ring substituents is 1. The third-order valence-corrected chi connectivity index (χ3v) is 3.34. The molecule has 0 radical (unpaired) electrons. The SMILES string of the molecule is Cc1ccc(C(=O)Nc2ccc(CCl)cc2)cc1[N+](=O)[O-]. The summed E-state index contributed by atoms with van der Waals surface area (Å²) < 4.78 is 0. The Kier molecular flexibility index (Phi) is 4.55. The van der Waals surface area contributed by atoms with E-state index in [9.17, 15) is 14.9 Å². The van der Waals surface area contributed by atoms with E-state index < -0.39 is 10.8 Å². The summed E-state index contributed by atoms with van der Waals surface area (Å²) in [5.41, 5.74) is 2.25. The standard InChI is InChI=1S/C15H13ClN2O3/c1-10-2-5-12(8-14(10)18(20)21)15(19)17-13-6-3-11(9-16)4-7-13/h2-8H,9H2,1H3,(H,17,19). The zero-order chi connectivity index (χ0) is 15.4. The number of nitrogens with one attached hydrogen (secondary N) is 1. The molecule has 0 unspecified atom stereocenters. The van der Waals surface area contributed by atoms with Crippen LogP contribution in [0.15, 0.2) is 42.5 Å². The van der Waals surface area contributed by atoms with Gasteiger partial charge < -0.3 is 5.32 Å². The van der Waals surface area contributed by atoms with Crippen LogP contribution in [0.3, 0.4) is 0 Å². The van der Waals surface area contributed by atoms with E-state index in [2.05, 4.69) is 5.32 Å². The number of nitrogens with zero attached hydrogens (tertiary/aromatic N) is 1. The zero-order valence-electron chi connectivity index (χ0n) is 11.3. The lowest BCUT2D eigenvalue weighted by Gasteiger charge is -2.06. The molecule has 0 saturated carbocycles. The molecule has 21 heavy (non-hydrogen) atoms. The normalized spacial score (nSPS) is 10.2. The first-order valence-corrected chi connectivity index (χ1v) is 6.76. The average molecular weight is 305 g/mol. The van der Waals surface area contributed by atoms with E-state index in [1.54, 1.807) is 43.3 Å². The minimum Gasteiger partial charge on any atom is -0.322 e. The third kappa shape index (κ3) is 3.58. The lowest BCUT2D eigenvalue weighted by Crippen LogP contribution is -2.12. The second-order valence-electron chi connectivity index (χ2n) is 4.54. The molecule has 108 valence electrons. The minimum atomic E-state index is -0.499. The van der Waals surface area contributed by atoms with Crippen LogP contribution in [-0.4, -0.2) is 10.8 Å². The van der Waals surface area contributed by atoms with Crippen LogP contribution >= 0.6 is 11.6 Å². The Bertz CT molecular complexity index is 684. The van der Waals surface area contributed by atoms with E-state index in [1.165, 1.54) is 6.07 Å². The van der Waals surface area contributed by atoms with Gasteiger partial charge in [-0.15, -0.1) is 11.6 Å². The number of carbonyl (C=O) groups excluding carboxylic acids is 1. The Labute approximate surface area is 126 Å². The summed E-state index contributed by atoms with van der Waals surface area (Å²) in [4.78, 5) is 22.5. The number of carbonyl (C=O) groups is 1. The Morgan fingerprint density at radius 3 is 2.48 bits per heavy atom. The maximum Gasteiger partial charge on any atom is 0.273 e. The number of nitro groups is 1. The molecule has 0 aliphatic rings. The first kappa shape index (κ1) is 15.0. The van der Waals surface area contributed by atoms with Gasteiger partial charge in [-0.2, -0.15) is 0 Å². The lowest BCUT2D eigenvalue weighted by atomic mass is 10.1. The molecule has 2 aromatic carbocycles. The number of benzene rings is 2. The lowest BCUT2D eigenvalue weighted by molar-refractivity contribution is -0.385. The summed E-state index contributed by atoms with van der Waals surface area (Å²) >= 11 is 5.69. The molecule has 2 aromatic rings. The molecule has 0 atom stereocenters. The molecule has 0 bridgehead atoms. The van der Waals surface area contributed by atoms with Gasteiger partial charge in [-0.3, -0.25) is 14.9 Å². The zero-order valence-corrected chi connectivity index (χ0v) is 12.1. The Hall–Kier alpha value is -2.40. The van der Waals surface area contributed by atoms with Gasteiger partial charge in [0.05, 0.1) is 4.92 Å². The van der Waals surface area contributed by atoms with Gasteiger partial charge in [-0.25, -0.2) is 0 Å². The van der Waals surface area contributed by atoms with Crippen LogP contribution in [0.4, 0.5) is 11.4 Å². The van der Waals surface area contributed by atoms with E-state index in [1.807, 2.05) is 0 Å². The van der Waals surface area contributed by atoms with Gasteiger partial charge in [0, 0.05) is 28.8 Å². The van der Waals surface area contributed by atoms with Gasteiger partial charge in [0.25, 0.3) is 11.6 Å². The molecular formula is C15H13ClN2O3. The highest BCUT2D eigenvalue weighted by molar-refractivity contribution is 6.17. The number of amides is 1. The fourth-order valence-electron chi connectivity index (χ4n) is 1.83. The molecule has 0 spiro atoms. The molecule has 1 N–H and O–H groups in total. The number of anilines is 1. The van der Waals surface area contributed by atoms with E-state index in [0.717, 1.165) is 5.56 Å². The number of aryl methyl sites for hydroxylation is 1. The maximum atomic E-state index is 12.1. The summed E-state index contributed by atoms with van der Waals surface area (Å²) in [6.45, 7) is 1.63. The first-order valence-electron chi connectivity index (χ1n) is 6.22. The highest BCUT2D eigenvalue weighted by atomic mass is 35.5. The molecular weight excluding hydrogens is 292 g/mol. The molecule has 0 aliphatic carbocycles. The van der Waals surface area contributed by atoms with Gasteiger partial charge in [-0.1, -0.05) is 18.2 Å². The van der Waals surface area contributed by atoms with Crippen molar-refractivity contribution in [2.24, 2.45) is 0 Å². The highest BCUT2D eigenvalue weighted by Crippen LogP contribution is 2.20. The van der Waals surface area contributed by atoms with Crippen molar-refractivity contribution in [2.45, 2.75) is 12.8 Å². The van der Waals surface area contributed by atoms with Crippen LogP contribution < -0.4 is 5.32 Å². The topological polar surface area (TPSA) is 72.2 Å². The van der Waals surface area contributed by atoms with E-state index in [0.29, 0.717) is 17.1 Å². The first-order chi connectivity index (χ1) is 10.0. The molecule has 0 fully saturated rings. The third-order valence-electron chi connectivity index (χ3n) is 3.03. The Balaban J connectivity index is 2.19. The number of hydrogen-bond acceptors (Lipinski definition) is 3. The van der Waals surface area contributed by atoms with Crippen LogP contribution in [0.25, 0.3) is 0 Å². The fraction of sp³-hybridized carbons (Fsp3) is 0.133. The van der Waals surface area contributed by atoms with Crippen molar-refractivity contribution >= 4 is 28.9 Å². The fourth-order valence-corrected chi connectivity index (χ4v) is 2.01. The smallest absolute Gasteiger partial charge is 0.273 e. The van der Waals surface area contributed by atoms with Crippen molar-refractivity contribution in [1.29, 1.82) is 0 Å². The van der Waals surface area contributed by atoms with Crippen molar-refractivity contribution < 1.29 is 9.72 Å². The largest absolute Gasteiger partial charge is 0.322 e. The molecule has 6 heteroatoms. The van der Waals surface area contributed by atoms with Crippen molar-refractivity contribution in [1.82, 2.24) is 0 Å². The van der Waals surface area contributed by atoms with Gasteiger partial charge in [0.2, 0.25) is 0 Å². The van der Waals surface area contributed by atoms with E-state index in [4.69, 9.17) is 11.6 Å². The van der Waals surface area contributed by atoms with E-state index >= 15 is 0 Å². The second kappa shape index (κ2) is 6.37.